The van der Waals surface area contributed by atoms with Gasteiger partial charge in [-0.05, 0) is 17.9 Å². The van der Waals surface area contributed by atoms with Gasteiger partial charge in [-0.3, -0.25) is 4.79 Å². The minimum Gasteiger partial charge on any atom is -0.410 e. The summed E-state index contributed by atoms with van der Waals surface area (Å²) < 4.78 is 7.00. The van der Waals surface area contributed by atoms with Gasteiger partial charge in [-0.25, -0.2) is 4.98 Å². The molecule has 0 aliphatic carbocycles. The number of fused-ring (bicyclic) bond motifs is 1. The molecule has 0 aromatic carbocycles. The third kappa shape index (κ3) is 3.51. The highest BCUT2D eigenvalue weighted by Crippen LogP contribution is 2.27. The summed E-state index contributed by atoms with van der Waals surface area (Å²) in [5.74, 6) is 0.992. The zero-order valence-corrected chi connectivity index (χ0v) is 15.7. The van der Waals surface area contributed by atoms with Crippen molar-refractivity contribution < 1.29 is 4.42 Å². The van der Waals surface area contributed by atoms with Crippen LogP contribution in [0.3, 0.4) is 0 Å². The van der Waals surface area contributed by atoms with Crippen LogP contribution in [-0.4, -0.2) is 24.8 Å². The number of aromatic nitrogens is 5. The summed E-state index contributed by atoms with van der Waals surface area (Å²) in [5.41, 5.74) is 0.515. The van der Waals surface area contributed by atoms with Crippen molar-refractivity contribution >= 4 is 39.4 Å². The standard InChI is InChI=1S/C15H13N5O2S3/c1-2-4-11-19-20-12(21)7-9(16-14(20)25-11)8-24-15-18-17-13(22-15)10-5-3-6-23-10/h3,5-7H,2,4,8H2,1H3. The van der Waals surface area contributed by atoms with Crippen LogP contribution in [0.15, 0.2) is 38.0 Å². The summed E-state index contributed by atoms with van der Waals surface area (Å²) in [6.07, 6.45) is 1.84. The molecule has 0 fully saturated rings. The van der Waals surface area contributed by atoms with Gasteiger partial charge in [0.05, 0.1) is 10.6 Å². The van der Waals surface area contributed by atoms with E-state index < -0.39 is 0 Å². The SMILES string of the molecule is CCCc1nn2c(=O)cc(CSc3nnc(-c4cccs4)o3)nc2s1. The van der Waals surface area contributed by atoms with Crippen molar-refractivity contribution in [3.8, 4) is 10.8 Å². The van der Waals surface area contributed by atoms with Gasteiger partial charge in [0.2, 0.25) is 4.96 Å². The Balaban J connectivity index is 1.52. The molecule has 7 nitrogen and oxygen atoms in total. The van der Waals surface area contributed by atoms with E-state index in [2.05, 4.69) is 27.2 Å². The van der Waals surface area contributed by atoms with E-state index in [4.69, 9.17) is 4.42 Å². The molecule has 0 saturated carbocycles. The van der Waals surface area contributed by atoms with Gasteiger partial charge in [-0.15, -0.1) is 21.5 Å². The van der Waals surface area contributed by atoms with E-state index in [1.807, 2.05) is 17.5 Å². The van der Waals surface area contributed by atoms with Crippen LogP contribution in [0.25, 0.3) is 15.7 Å². The molecular weight excluding hydrogens is 378 g/mol. The number of aryl methyl sites for hydroxylation is 1. The smallest absolute Gasteiger partial charge is 0.277 e. The molecule has 0 bridgehead atoms. The molecule has 0 atom stereocenters. The molecule has 128 valence electrons. The highest BCUT2D eigenvalue weighted by molar-refractivity contribution is 7.98. The lowest BCUT2D eigenvalue weighted by molar-refractivity contribution is 0.466. The number of thioether (sulfide) groups is 1. The Hall–Kier alpha value is -2.04. The maximum absolute atomic E-state index is 12.2. The number of rotatable bonds is 6. The molecule has 0 aliphatic rings. The topological polar surface area (TPSA) is 86.2 Å². The Labute approximate surface area is 154 Å². The summed E-state index contributed by atoms with van der Waals surface area (Å²) in [7, 11) is 0. The van der Waals surface area contributed by atoms with Crippen LogP contribution in [0, 0.1) is 0 Å². The van der Waals surface area contributed by atoms with Crippen molar-refractivity contribution in [1.82, 2.24) is 24.8 Å². The summed E-state index contributed by atoms with van der Waals surface area (Å²) in [6.45, 7) is 2.08. The molecule has 0 saturated heterocycles. The lowest BCUT2D eigenvalue weighted by Gasteiger charge is -1.97. The molecule has 0 unspecified atom stereocenters. The van der Waals surface area contributed by atoms with Gasteiger partial charge in [0.25, 0.3) is 16.7 Å². The fourth-order valence-corrected chi connectivity index (χ4v) is 4.51. The largest absolute Gasteiger partial charge is 0.410 e. The fourth-order valence-electron chi connectivity index (χ4n) is 2.19. The predicted octanol–water partition coefficient (Wildman–Crippen LogP) is 3.51. The first kappa shape index (κ1) is 16.4. The van der Waals surface area contributed by atoms with E-state index in [0.717, 1.165) is 22.7 Å². The van der Waals surface area contributed by atoms with Gasteiger partial charge in [0.1, 0.15) is 5.01 Å². The van der Waals surface area contributed by atoms with Crippen molar-refractivity contribution in [3.05, 3.63) is 44.6 Å². The van der Waals surface area contributed by atoms with Crippen LogP contribution in [0.5, 0.6) is 0 Å². The molecule has 25 heavy (non-hydrogen) atoms. The van der Waals surface area contributed by atoms with Crippen molar-refractivity contribution in [2.24, 2.45) is 0 Å². The molecule has 4 aromatic heterocycles. The van der Waals surface area contributed by atoms with Gasteiger partial charge < -0.3 is 4.42 Å². The quantitative estimate of drug-likeness (QED) is 0.465. The first-order valence-electron chi connectivity index (χ1n) is 7.62. The zero-order valence-electron chi connectivity index (χ0n) is 13.2. The van der Waals surface area contributed by atoms with Crippen LogP contribution in [-0.2, 0) is 12.2 Å². The molecule has 0 amide bonds. The highest BCUT2D eigenvalue weighted by Gasteiger charge is 2.12. The van der Waals surface area contributed by atoms with Gasteiger partial charge in [0.15, 0.2) is 0 Å². The molecule has 0 aliphatic heterocycles. The number of nitrogens with zero attached hydrogens (tertiary/aromatic N) is 5. The van der Waals surface area contributed by atoms with E-state index in [-0.39, 0.29) is 5.56 Å². The van der Waals surface area contributed by atoms with Crippen LogP contribution >= 0.6 is 34.4 Å². The lowest BCUT2D eigenvalue weighted by Crippen LogP contribution is -2.15. The summed E-state index contributed by atoms with van der Waals surface area (Å²) in [4.78, 5) is 18.3. The third-order valence-electron chi connectivity index (χ3n) is 3.29. The fraction of sp³-hybridized carbons (Fsp3) is 0.267. The molecule has 0 radical (unpaired) electrons. The Morgan fingerprint density at radius 3 is 3.08 bits per heavy atom. The predicted molar refractivity (Wildman–Crippen MR) is 98.3 cm³/mol. The minimum absolute atomic E-state index is 0.163. The van der Waals surface area contributed by atoms with E-state index in [1.165, 1.54) is 33.7 Å². The molecule has 0 spiro atoms. The van der Waals surface area contributed by atoms with Crippen LogP contribution in [0.1, 0.15) is 24.0 Å². The van der Waals surface area contributed by atoms with E-state index in [1.54, 1.807) is 11.3 Å². The van der Waals surface area contributed by atoms with E-state index in [9.17, 15) is 4.79 Å². The Morgan fingerprint density at radius 1 is 1.36 bits per heavy atom. The number of hydrogen-bond donors (Lipinski definition) is 0. The highest BCUT2D eigenvalue weighted by atomic mass is 32.2. The second kappa shape index (κ2) is 7.06. The molecular formula is C15H13N5O2S3. The second-order valence-corrected chi connectivity index (χ2v) is 8.08. The first-order chi connectivity index (χ1) is 12.2. The number of thiophene rings is 1. The lowest BCUT2D eigenvalue weighted by atomic mass is 10.4. The molecule has 0 N–H and O–H groups in total. The Morgan fingerprint density at radius 2 is 2.28 bits per heavy atom. The maximum atomic E-state index is 12.2. The van der Waals surface area contributed by atoms with E-state index in [0.29, 0.717) is 27.5 Å². The van der Waals surface area contributed by atoms with Crippen LogP contribution in [0.2, 0.25) is 0 Å². The van der Waals surface area contributed by atoms with Gasteiger partial charge in [0, 0.05) is 18.2 Å². The maximum Gasteiger partial charge on any atom is 0.277 e. The third-order valence-corrected chi connectivity index (χ3v) is 5.96. The zero-order chi connectivity index (χ0) is 17.2. The normalized spacial score (nSPS) is 11.4. The van der Waals surface area contributed by atoms with Crippen molar-refractivity contribution in [1.29, 1.82) is 0 Å². The van der Waals surface area contributed by atoms with Crippen LogP contribution < -0.4 is 5.56 Å². The Bertz CT molecular complexity index is 1050. The van der Waals surface area contributed by atoms with Crippen molar-refractivity contribution in [2.75, 3.05) is 0 Å². The summed E-state index contributed by atoms with van der Waals surface area (Å²) >= 11 is 4.37. The van der Waals surface area contributed by atoms with Gasteiger partial charge in [-0.2, -0.15) is 9.61 Å². The van der Waals surface area contributed by atoms with Gasteiger partial charge >= 0.3 is 0 Å². The van der Waals surface area contributed by atoms with Crippen LogP contribution in [0.4, 0.5) is 0 Å². The average Bonchev–Trinajstić information content (AvgIpc) is 3.33. The van der Waals surface area contributed by atoms with E-state index >= 15 is 0 Å². The van der Waals surface area contributed by atoms with Crippen molar-refractivity contribution in [3.63, 3.8) is 0 Å². The average molecular weight is 392 g/mol. The minimum atomic E-state index is -0.163. The summed E-state index contributed by atoms with van der Waals surface area (Å²) in [6, 6.07) is 5.37. The van der Waals surface area contributed by atoms with Crippen molar-refractivity contribution in [2.45, 2.75) is 30.7 Å². The first-order valence-corrected chi connectivity index (χ1v) is 10.3. The molecule has 4 heterocycles. The van der Waals surface area contributed by atoms with Gasteiger partial charge in [-0.1, -0.05) is 36.1 Å². The molecule has 4 rings (SSSR count). The summed E-state index contributed by atoms with van der Waals surface area (Å²) in [5, 5.41) is 15.7. The monoisotopic (exact) mass is 391 g/mol. The second-order valence-electron chi connectivity index (χ2n) is 5.16. The molecule has 10 heteroatoms. The molecule has 4 aromatic rings. The number of hydrogen-bond acceptors (Lipinski definition) is 9. The Kier molecular flexibility index (Phi) is 4.64.